The van der Waals surface area contributed by atoms with E-state index in [9.17, 15) is 39.0 Å². The number of piperazine rings is 2. The van der Waals surface area contributed by atoms with Gasteiger partial charge >= 0.3 is 11.9 Å². The molecule has 0 saturated carbocycles. The van der Waals surface area contributed by atoms with Gasteiger partial charge in [-0.25, -0.2) is 9.80 Å². The van der Waals surface area contributed by atoms with E-state index in [0.29, 0.717) is 11.1 Å². The van der Waals surface area contributed by atoms with Crippen LogP contribution in [0.5, 0.6) is 11.5 Å². The van der Waals surface area contributed by atoms with E-state index in [0.717, 1.165) is 9.80 Å². The predicted octanol–water partition coefficient (Wildman–Crippen LogP) is -1.34. The first-order chi connectivity index (χ1) is 22.7. The summed E-state index contributed by atoms with van der Waals surface area (Å²) >= 11 is 0. The molecular formula is C32H40N6O10. The van der Waals surface area contributed by atoms with Crippen LogP contribution in [-0.2, 0) is 51.1 Å². The number of nitrogens with zero attached hydrogens (tertiary/aromatic N) is 4. The Kier molecular flexibility index (Phi) is 11.8. The van der Waals surface area contributed by atoms with Crippen molar-refractivity contribution in [2.45, 2.75) is 50.9 Å². The molecule has 2 heterocycles. The Balaban J connectivity index is 1.23. The van der Waals surface area contributed by atoms with Crippen molar-refractivity contribution in [3.05, 3.63) is 59.7 Å². The van der Waals surface area contributed by atoms with E-state index in [1.54, 1.807) is 47.9 Å². The minimum absolute atomic E-state index is 0.0697. The van der Waals surface area contributed by atoms with Crippen LogP contribution in [0.3, 0.4) is 0 Å². The number of phenols is 2. The lowest BCUT2D eigenvalue weighted by Crippen LogP contribution is -2.63. The van der Waals surface area contributed by atoms with E-state index >= 15 is 0 Å². The van der Waals surface area contributed by atoms with Gasteiger partial charge in [0.2, 0.25) is 23.6 Å². The lowest BCUT2D eigenvalue weighted by Gasteiger charge is -2.43. The maximum Gasteiger partial charge on any atom is 0.324 e. The quantitative estimate of drug-likeness (QED) is 0.143. The van der Waals surface area contributed by atoms with E-state index in [-0.39, 0.29) is 50.5 Å². The predicted molar refractivity (Wildman–Crippen MR) is 167 cm³/mol. The highest BCUT2D eigenvalue weighted by Crippen LogP contribution is 2.19. The summed E-state index contributed by atoms with van der Waals surface area (Å²) in [5.41, 5.74) is 13.2. The molecule has 6 N–H and O–H groups in total. The van der Waals surface area contributed by atoms with Crippen molar-refractivity contribution in [3.8, 4) is 11.5 Å². The van der Waals surface area contributed by atoms with Crippen LogP contribution in [0.25, 0.3) is 0 Å². The second-order valence-corrected chi connectivity index (χ2v) is 11.9. The van der Waals surface area contributed by atoms with Gasteiger partial charge in [0.25, 0.3) is 0 Å². The smallest absolute Gasteiger partial charge is 0.324 e. The van der Waals surface area contributed by atoms with Gasteiger partial charge in [-0.1, -0.05) is 24.3 Å². The van der Waals surface area contributed by atoms with Gasteiger partial charge in [-0.3, -0.25) is 38.6 Å². The fraction of sp³-hybridized carbons (Fsp3) is 0.438. The zero-order valence-electron chi connectivity index (χ0n) is 26.7. The largest absolute Gasteiger partial charge is 0.508 e. The fourth-order valence-electron chi connectivity index (χ4n) is 5.31. The molecule has 4 amide bonds. The van der Waals surface area contributed by atoms with Gasteiger partial charge in [-0.15, -0.1) is 0 Å². The Morgan fingerprint density at radius 2 is 0.917 bits per heavy atom. The molecule has 0 bridgehead atoms. The average Bonchev–Trinajstić information content (AvgIpc) is 3.04. The highest BCUT2D eigenvalue weighted by molar-refractivity contribution is 6.00. The molecule has 2 fully saturated rings. The summed E-state index contributed by atoms with van der Waals surface area (Å²) in [7, 11) is 0. The number of ether oxygens (including phenoxy) is 2. The standard InChI is InChI=1S/C32H40N6O10/c1-19(35-13-27(41)37(28(42)14-35)17-47-31(45)25(33)11-21-3-7-23(39)8-4-21)20(2)36-15-29(43)38(30(44)16-36)18-48-32(46)26(34)12-22-5-9-24(40)10-6-22/h3-10,19-20,25-26,39-40H,11-18,33-34H2,1-2H3/t19-,20+,25-,26-/m0/s1. The first-order valence-corrected chi connectivity index (χ1v) is 15.3. The van der Waals surface area contributed by atoms with Crippen LogP contribution in [0.15, 0.2) is 48.5 Å². The van der Waals surface area contributed by atoms with Crippen LogP contribution >= 0.6 is 0 Å². The van der Waals surface area contributed by atoms with Crippen molar-refractivity contribution in [3.63, 3.8) is 0 Å². The topological polar surface area (TPSA) is 226 Å². The molecule has 16 nitrogen and oxygen atoms in total. The SMILES string of the molecule is C[C@H]([C@H](C)N1CC(=O)N(COC(=O)[C@@H](N)Cc2ccc(O)cc2)C(=O)C1)N1CC(=O)N(COC(=O)[C@@H](N)Cc2ccc(O)cc2)C(=O)C1. The molecule has 4 rings (SSSR count). The lowest BCUT2D eigenvalue weighted by atomic mass is 10.1. The van der Waals surface area contributed by atoms with Crippen LogP contribution in [0.4, 0.5) is 0 Å². The van der Waals surface area contributed by atoms with Gasteiger partial charge in [0.1, 0.15) is 23.6 Å². The number of hydrogen-bond donors (Lipinski definition) is 4. The van der Waals surface area contributed by atoms with E-state index in [4.69, 9.17) is 20.9 Å². The van der Waals surface area contributed by atoms with Crippen molar-refractivity contribution in [2.24, 2.45) is 11.5 Å². The molecule has 258 valence electrons. The maximum absolute atomic E-state index is 12.9. The number of rotatable bonds is 13. The number of carbonyl (C=O) groups excluding carboxylic acids is 6. The summed E-state index contributed by atoms with van der Waals surface area (Å²) in [5, 5.41) is 18.8. The average molecular weight is 669 g/mol. The van der Waals surface area contributed by atoms with Crippen LogP contribution in [0, 0.1) is 0 Å². The van der Waals surface area contributed by atoms with Crippen molar-refractivity contribution in [1.29, 1.82) is 0 Å². The molecule has 2 aliphatic rings. The minimum Gasteiger partial charge on any atom is -0.508 e. The van der Waals surface area contributed by atoms with Crippen molar-refractivity contribution < 1.29 is 48.5 Å². The second kappa shape index (κ2) is 15.8. The van der Waals surface area contributed by atoms with E-state index in [1.165, 1.54) is 24.3 Å². The van der Waals surface area contributed by atoms with E-state index < -0.39 is 73.2 Å². The summed E-state index contributed by atoms with van der Waals surface area (Å²) in [6, 6.07) is 9.31. The Bertz CT molecular complexity index is 1370. The Morgan fingerprint density at radius 3 is 1.21 bits per heavy atom. The number of hydrogen-bond acceptors (Lipinski definition) is 14. The Morgan fingerprint density at radius 1 is 0.625 bits per heavy atom. The summed E-state index contributed by atoms with van der Waals surface area (Å²) in [4.78, 5) is 81.3. The monoisotopic (exact) mass is 668 g/mol. The highest BCUT2D eigenvalue weighted by Gasteiger charge is 2.40. The van der Waals surface area contributed by atoms with Crippen LogP contribution < -0.4 is 11.5 Å². The van der Waals surface area contributed by atoms with Gasteiger partial charge in [0.05, 0.1) is 26.2 Å². The lowest BCUT2D eigenvalue weighted by molar-refractivity contribution is -0.169. The fourth-order valence-corrected chi connectivity index (χ4v) is 5.31. The first kappa shape index (κ1) is 35.9. The molecule has 2 aromatic rings. The molecule has 2 saturated heterocycles. The molecule has 0 aromatic heterocycles. The number of imide groups is 2. The zero-order chi connectivity index (χ0) is 35.1. The normalized spacial score (nSPS) is 18.8. The van der Waals surface area contributed by atoms with Gasteiger partial charge in [0, 0.05) is 12.1 Å². The molecule has 2 aromatic carbocycles. The van der Waals surface area contributed by atoms with Crippen LogP contribution in [0.1, 0.15) is 25.0 Å². The van der Waals surface area contributed by atoms with Gasteiger partial charge < -0.3 is 31.2 Å². The van der Waals surface area contributed by atoms with E-state index in [1.807, 2.05) is 0 Å². The molecule has 0 aliphatic carbocycles. The molecule has 2 aliphatic heterocycles. The molecule has 0 spiro atoms. The third-order valence-electron chi connectivity index (χ3n) is 8.47. The number of aromatic hydroxyl groups is 2. The molecule has 4 atom stereocenters. The number of nitrogens with two attached hydrogens (primary N) is 2. The second-order valence-electron chi connectivity index (χ2n) is 11.9. The van der Waals surface area contributed by atoms with Crippen molar-refractivity contribution >= 4 is 35.6 Å². The summed E-state index contributed by atoms with van der Waals surface area (Å²) in [6.07, 6.45) is 0.260. The van der Waals surface area contributed by atoms with Crippen molar-refractivity contribution in [1.82, 2.24) is 19.6 Å². The molecule has 16 heteroatoms. The molecular weight excluding hydrogens is 628 g/mol. The highest BCUT2D eigenvalue weighted by atomic mass is 16.6. The van der Waals surface area contributed by atoms with Gasteiger partial charge in [0.15, 0.2) is 13.5 Å². The third-order valence-corrected chi connectivity index (χ3v) is 8.47. The van der Waals surface area contributed by atoms with Crippen molar-refractivity contribution in [2.75, 3.05) is 39.6 Å². The molecule has 0 unspecified atom stereocenters. The minimum atomic E-state index is -1.05. The Labute approximate surface area is 276 Å². The van der Waals surface area contributed by atoms with E-state index in [2.05, 4.69) is 0 Å². The van der Waals surface area contributed by atoms with Gasteiger partial charge in [-0.05, 0) is 62.1 Å². The summed E-state index contributed by atoms with van der Waals surface area (Å²) < 4.78 is 10.3. The number of benzene rings is 2. The molecule has 0 radical (unpaired) electrons. The third kappa shape index (κ3) is 9.13. The molecule has 48 heavy (non-hydrogen) atoms. The number of esters is 2. The number of amides is 4. The summed E-state index contributed by atoms with van der Waals surface area (Å²) in [6.45, 7) is 1.67. The summed E-state index contributed by atoms with van der Waals surface area (Å²) in [5.74, 6) is -3.82. The Hall–Kier alpha value is -4.90. The maximum atomic E-state index is 12.9. The van der Waals surface area contributed by atoms with Gasteiger partial charge in [-0.2, -0.15) is 0 Å². The van der Waals surface area contributed by atoms with Crippen LogP contribution in [0.2, 0.25) is 0 Å². The first-order valence-electron chi connectivity index (χ1n) is 15.3. The number of carbonyl (C=O) groups is 6. The number of phenolic OH excluding ortho intramolecular Hbond substituents is 2. The van der Waals surface area contributed by atoms with Crippen LogP contribution in [-0.4, -0.2) is 129 Å². The zero-order valence-corrected chi connectivity index (χ0v) is 26.7.